The molecule has 6 atom stereocenters. The quantitative estimate of drug-likeness (QED) is 0.0996. The highest BCUT2D eigenvalue weighted by Gasteiger charge is 2.43. The van der Waals surface area contributed by atoms with Gasteiger partial charge in [-0.15, -0.1) is 0 Å². The van der Waals surface area contributed by atoms with Crippen LogP contribution in [0.25, 0.3) is 44.2 Å². The number of nitrogens with one attached hydrogen (secondary N) is 3. The Kier molecular flexibility index (Phi) is 11.7. The van der Waals surface area contributed by atoms with Gasteiger partial charge in [-0.1, -0.05) is 69.3 Å². The molecule has 0 bridgehead atoms. The van der Waals surface area contributed by atoms with E-state index in [0.29, 0.717) is 56.4 Å². The zero-order valence-corrected chi connectivity index (χ0v) is 37.3. The second kappa shape index (κ2) is 17.6. The van der Waals surface area contributed by atoms with Crippen LogP contribution in [-0.2, 0) is 25.7 Å². The van der Waals surface area contributed by atoms with Crippen LogP contribution in [0.2, 0.25) is 0 Å². The molecule has 3 aliphatic rings. The van der Waals surface area contributed by atoms with Gasteiger partial charge in [0.15, 0.2) is 0 Å². The largest absolute Gasteiger partial charge is 0.488 e. The van der Waals surface area contributed by atoms with Crippen molar-refractivity contribution >= 4 is 45.8 Å². The van der Waals surface area contributed by atoms with Crippen LogP contribution in [0.1, 0.15) is 74.5 Å². The summed E-state index contributed by atoms with van der Waals surface area (Å²) in [6, 6.07) is 21.2. The van der Waals surface area contributed by atoms with E-state index in [-0.39, 0.29) is 41.7 Å². The number of hydrogen-bond donors (Lipinski definition) is 4. The highest BCUT2D eigenvalue weighted by molar-refractivity contribution is 6.07. The van der Waals surface area contributed by atoms with E-state index >= 15 is 0 Å². The molecule has 16 heteroatoms. The highest BCUT2D eigenvalue weighted by atomic mass is 16.5. The topological polar surface area (TPSA) is 195 Å². The predicted octanol–water partition coefficient (Wildman–Crippen LogP) is 7.84. The molecule has 6 unspecified atom stereocenters. The lowest BCUT2D eigenvalue weighted by Gasteiger charge is -2.33. The SMILES string of the molecule is COCC1CC(c2nc3ccc4cc5c(cc4c3[nH]2)OCc2cc(-c3cnc(C4CC(C)CN4C(=O)C(NC(=O)OC)c4ccccc4)[nH]3)ccc2-5)N(C(=O)C(C(C)C)N(C)C(=O)O)C1. The Balaban J connectivity index is 0.978. The van der Waals surface area contributed by atoms with Crippen molar-refractivity contribution in [1.29, 1.82) is 0 Å². The number of likely N-dealkylation sites (tertiary alicyclic amines) is 2. The monoisotopic (exact) mass is 882 g/mol. The van der Waals surface area contributed by atoms with Gasteiger partial charge in [0.05, 0.1) is 48.7 Å². The first-order valence-corrected chi connectivity index (χ1v) is 22.1. The van der Waals surface area contributed by atoms with Gasteiger partial charge < -0.3 is 44.4 Å². The average Bonchev–Trinajstić information content (AvgIpc) is 4.13. The molecule has 3 aliphatic heterocycles. The summed E-state index contributed by atoms with van der Waals surface area (Å²) < 4.78 is 16.8. The first-order valence-electron chi connectivity index (χ1n) is 22.1. The maximum Gasteiger partial charge on any atom is 0.407 e. The normalized spacial score (nSPS) is 20.0. The molecule has 4 N–H and O–H groups in total. The number of aromatic amines is 2. The van der Waals surface area contributed by atoms with Gasteiger partial charge in [0.1, 0.15) is 36.1 Å². The number of hydrogen-bond acceptors (Lipinski definition) is 9. The van der Waals surface area contributed by atoms with Crippen LogP contribution in [0, 0.1) is 17.8 Å². The molecular weight excluding hydrogens is 829 g/mol. The van der Waals surface area contributed by atoms with E-state index in [1.807, 2.05) is 62.4 Å². The van der Waals surface area contributed by atoms with Crippen LogP contribution >= 0.6 is 0 Å². The molecule has 0 spiro atoms. The summed E-state index contributed by atoms with van der Waals surface area (Å²) in [7, 11) is 4.37. The van der Waals surface area contributed by atoms with Crippen molar-refractivity contribution < 1.29 is 38.5 Å². The number of likely N-dealkylation sites (N-methyl/N-ethyl adjacent to an activating group) is 1. The summed E-state index contributed by atoms with van der Waals surface area (Å²) in [6.45, 7) is 7.59. The third-order valence-corrected chi connectivity index (χ3v) is 13.2. The minimum Gasteiger partial charge on any atom is -0.488 e. The van der Waals surface area contributed by atoms with E-state index < -0.39 is 24.3 Å². The Morgan fingerprint density at radius 3 is 2.43 bits per heavy atom. The van der Waals surface area contributed by atoms with Crippen molar-refractivity contribution in [2.75, 3.05) is 41.0 Å². The lowest BCUT2D eigenvalue weighted by Crippen LogP contribution is -2.51. The van der Waals surface area contributed by atoms with Crippen LogP contribution in [-0.4, -0.2) is 111 Å². The number of benzene rings is 4. The van der Waals surface area contributed by atoms with Crippen LogP contribution in [0.4, 0.5) is 9.59 Å². The lowest BCUT2D eigenvalue weighted by atomic mass is 9.92. The van der Waals surface area contributed by atoms with Gasteiger partial charge in [0, 0.05) is 44.1 Å². The molecule has 338 valence electrons. The number of ether oxygens (including phenoxy) is 3. The van der Waals surface area contributed by atoms with E-state index in [0.717, 1.165) is 60.4 Å². The number of nitrogens with zero attached hydrogens (tertiary/aromatic N) is 5. The molecule has 0 radical (unpaired) electrons. The fraction of sp³-hybridized carbons (Fsp3) is 0.388. The van der Waals surface area contributed by atoms with E-state index in [2.05, 4.69) is 46.5 Å². The zero-order chi connectivity index (χ0) is 45.7. The molecule has 0 saturated carbocycles. The van der Waals surface area contributed by atoms with Gasteiger partial charge in [0.2, 0.25) is 5.91 Å². The van der Waals surface area contributed by atoms with Crippen LogP contribution in [0.15, 0.2) is 79.0 Å². The third-order valence-electron chi connectivity index (χ3n) is 13.2. The summed E-state index contributed by atoms with van der Waals surface area (Å²) in [5, 5.41) is 14.5. The molecule has 0 aliphatic carbocycles. The maximum atomic E-state index is 14.2. The second-order valence-electron chi connectivity index (χ2n) is 18.0. The molecule has 2 fully saturated rings. The Morgan fingerprint density at radius 2 is 1.69 bits per heavy atom. The number of carbonyl (C=O) groups is 4. The van der Waals surface area contributed by atoms with E-state index in [4.69, 9.17) is 24.2 Å². The molecule has 9 rings (SSSR count). The number of methoxy groups -OCH3 is 2. The lowest BCUT2D eigenvalue weighted by molar-refractivity contribution is -0.138. The number of alkyl carbamates (subject to hydrolysis) is 1. The molecule has 2 aromatic heterocycles. The van der Waals surface area contributed by atoms with Crippen LogP contribution in [0.5, 0.6) is 5.75 Å². The first-order chi connectivity index (χ1) is 31.3. The summed E-state index contributed by atoms with van der Waals surface area (Å²) >= 11 is 0. The Morgan fingerprint density at radius 1 is 0.923 bits per heavy atom. The van der Waals surface area contributed by atoms with Gasteiger partial charge in [-0.05, 0) is 76.6 Å². The minimum atomic E-state index is -1.15. The summed E-state index contributed by atoms with van der Waals surface area (Å²) in [5.74, 6) is 1.63. The summed E-state index contributed by atoms with van der Waals surface area (Å²) in [5.41, 5.74) is 7.04. The smallest absolute Gasteiger partial charge is 0.407 e. The van der Waals surface area contributed by atoms with Gasteiger partial charge in [-0.2, -0.15) is 0 Å². The fourth-order valence-corrected chi connectivity index (χ4v) is 10.1. The van der Waals surface area contributed by atoms with E-state index in [1.165, 1.54) is 14.2 Å². The van der Waals surface area contributed by atoms with Crippen LogP contribution < -0.4 is 10.1 Å². The number of rotatable bonds is 11. The number of carboxylic acid groups (broad SMARTS) is 1. The van der Waals surface area contributed by atoms with Gasteiger partial charge >= 0.3 is 12.2 Å². The van der Waals surface area contributed by atoms with Crippen molar-refractivity contribution in [3.8, 4) is 28.1 Å². The van der Waals surface area contributed by atoms with Crippen molar-refractivity contribution in [2.24, 2.45) is 17.8 Å². The number of H-pyrrole nitrogens is 2. The molecule has 16 nitrogen and oxygen atoms in total. The van der Waals surface area contributed by atoms with Crippen molar-refractivity contribution in [1.82, 2.24) is 40.0 Å². The molecule has 4 amide bonds. The average molecular weight is 883 g/mol. The predicted molar refractivity (Wildman–Crippen MR) is 243 cm³/mol. The van der Waals surface area contributed by atoms with Crippen molar-refractivity contribution in [2.45, 2.75) is 64.4 Å². The fourth-order valence-electron chi connectivity index (χ4n) is 10.1. The maximum absolute atomic E-state index is 14.2. The van der Waals surface area contributed by atoms with Gasteiger partial charge in [-0.25, -0.2) is 19.6 Å². The van der Waals surface area contributed by atoms with Gasteiger partial charge in [0.25, 0.3) is 5.91 Å². The Labute approximate surface area is 376 Å². The molecule has 65 heavy (non-hydrogen) atoms. The van der Waals surface area contributed by atoms with Crippen LogP contribution in [0.3, 0.4) is 0 Å². The second-order valence-corrected chi connectivity index (χ2v) is 18.0. The first kappa shape index (κ1) is 43.3. The molecule has 6 aromatic rings. The Hall–Kier alpha value is -6.94. The van der Waals surface area contributed by atoms with Crippen molar-refractivity contribution in [3.63, 3.8) is 0 Å². The molecular formula is C49H54N8O8. The zero-order valence-electron chi connectivity index (χ0n) is 37.3. The van der Waals surface area contributed by atoms with Gasteiger partial charge in [-0.3, -0.25) is 14.5 Å². The molecule has 5 heterocycles. The number of carbonyl (C=O) groups excluding carboxylic acids is 3. The standard InChI is InChI=1S/C49H54N8O8/c1-26(2)43(55(4)49(61)62)47(59)57-23-28(24-63-5)17-39(57)45-51-36-15-13-30-19-35-33-14-12-31(18-32(33)25-65-40(35)20-34(30)42(36)53-45)37-21-50-44(52-37)38-16-27(3)22-56(38)46(58)41(54-48(60)64-6)29-10-8-7-9-11-29/h7-15,18-21,26-28,38-39,41,43H,16-17,22-25H2,1-6H3,(H,50,52)(H,51,53)(H,54,60)(H,61,62). The summed E-state index contributed by atoms with van der Waals surface area (Å²) in [4.78, 5) is 74.2. The Bertz CT molecular complexity index is 2790. The van der Waals surface area contributed by atoms with E-state index in [9.17, 15) is 24.3 Å². The van der Waals surface area contributed by atoms with E-state index in [1.54, 1.807) is 23.1 Å². The summed E-state index contributed by atoms with van der Waals surface area (Å²) in [6.07, 6.45) is 1.30. The number of fused-ring (bicyclic) bond motifs is 6. The number of aromatic nitrogens is 4. The number of imidazole rings is 2. The third kappa shape index (κ3) is 8.11. The minimum absolute atomic E-state index is 0.0618. The highest BCUT2D eigenvalue weighted by Crippen LogP contribution is 2.44. The molecule has 4 aromatic carbocycles. The molecule has 2 saturated heterocycles. The number of amides is 4. The van der Waals surface area contributed by atoms with Crippen molar-refractivity contribution in [3.05, 3.63) is 102 Å².